The number of halogens is 1. The van der Waals surface area contributed by atoms with Gasteiger partial charge in [-0.25, -0.2) is 4.79 Å². The summed E-state index contributed by atoms with van der Waals surface area (Å²) in [5, 5.41) is 1.18. The van der Waals surface area contributed by atoms with Gasteiger partial charge in [0.15, 0.2) is 0 Å². The molecule has 1 aliphatic carbocycles. The zero-order valence-electron chi connectivity index (χ0n) is 16.5. The molecule has 0 saturated heterocycles. The quantitative estimate of drug-likeness (QED) is 0.603. The highest BCUT2D eigenvalue weighted by Gasteiger charge is 2.21. The van der Waals surface area contributed by atoms with Crippen LogP contribution in [0, 0.1) is 0 Å². The largest absolute Gasteiger partial charge is 0.461 e. The minimum Gasteiger partial charge on any atom is -0.461 e. The number of nitrogens with one attached hydrogen (secondary N) is 1. The second-order valence-corrected chi connectivity index (χ2v) is 7.06. The number of carbonyl (C=O) groups excluding carboxylic acids is 1. The Hall–Kier alpha value is -2.30. The number of ether oxygens (including phenoxy) is 1. The van der Waals surface area contributed by atoms with E-state index in [4.69, 9.17) is 4.74 Å². The summed E-state index contributed by atoms with van der Waals surface area (Å²) in [7, 11) is 0. The SMILES string of the molecule is CCN(CC)CCOC(=O)c1ccc2c3c([nH]c2c1)CCc1ccccc1-3.Cl. The first-order chi connectivity index (χ1) is 13.2. The van der Waals surface area contributed by atoms with Crippen molar-refractivity contribution in [2.45, 2.75) is 26.7 Å². The molecule has 0 spiro atoms. The van der Waals surface area contributed by atoms with Crippen LogP contribution in [0.4, 0.5) is 0 Å². The maximum absolute atomic E-state index is 12.4. The number of benzene rings is 2. The van der Waals surface area contributed by atoms with Crippen LogP contribution in [0.3, 0.4) is 0 Å². The molecule has 4 rings (SSSR count). The lowest BCUT2D eigenvalue weighted by atomic mass is 9.88. The summed E-state index contributed by atoms with van der Waals surface area (Å²) in [6.07, 6.45) is 2.06. The van der Waals surface area contributed by atoms with E-state index in [-0.39, 0.29) is 18.4 Å². The van der Waals surface area contributed by atoms with Gasteiger partial charge in [-0.2, -0.15) is 0 Å². The number of carbonyl (C=O) groups is 1. The third kappa shape index (κ3) is 3.80. The highest BCUT2D eigenvalue weighted by Crippen LogP contribution is 2.39. The van der Waals surface area contributed by atoms with Crippen LogP contribution < -0.4 is 0 Å². The number of H-pyrrole nitrogens is 1. The van der Waals surface area contributed by atoms with Crippen molar-refractivity contribution < 1.29 is 9.53 Å². The van der Waals surface area contributed by atoms with E-state index in [0.717, 1.165) is 38.0 Å². The molecule has 0 aliphatic heterocycles. The number of nitrogens with zero attached hydrogens (tertiary/aromatic N) is 1. The van der Waals surface area contributed by atoms with Gasteiger partial charge < -0.3 is 14.6 Å². The molecule has 0 unspecified atom stereocenters. The maximum atomic E-state index is 12.4. The predicted molar refractivity (Wildman–Crippen MR) is 116 cm³/mol. The van der Waals surface area contributed by atoms with Crippen molar-refractivity contribution in [3.05, 3.63) is 59.3 Å². The van der Waals surface area contributed by atoms with Crippen molar-refractivity contribution in [2.75, 3.05) is 26.2 Å². The molecular formula is C23H27ClN2O2. The Balaban J connectivity index is 0.00000225. The van der Waals surface area contributed by atoms with Crippen molar-refractivity contribution in [1.82, 2.24) is 9.88 Å². The summed E-state index contributed by atoms with van der Waals surface area (Å²) in [5.41, 5.74) is 6.86. The molecule has 0 atom stereocenters. The van der Waals surface area contributed by atoms with Gasteiger partial charge in [0, 0.05) is 28.7 Å². The molecule has 0 saturated carbocycles. The Bertz CT molecular complexity index is 976. The van der Waals surface area contributed by atoms with Crippen LogP contribution in [0.15, 0.2) is 42.5 Å². The lowest BCUT2D eigenvalue weighted by Crippen LogP contribution is -2.27. The average Bonchev–Trinajstić information content (AvgIpc) is 3.09. The second-order valence-electron chi connectivity index (χ2n) is 7.06. The number of likely N-dealkylation sites (N-methyl/N-ethyl adjacent to an activating group) is 1. The average molecular weight is 399 g/mol. The molecule has 4 nitrogen and oxygen atoms in total. The molecule has 1 N–H and O–H groups in total. The second kappa shape index (κ2) is 8.80. The number of aryl methyl sites for hydroxylation is 2. The van der Waals surface area contributed by atoms with E-state index >= 15 is 0 Å². The van der Waals surface area contributed by atoms with Crippen LogP contribution in [0.5, 0.6) is 0 Å². The predicted octanol–water partition coefficient (Wildman–Crippen LogP) is 4.85. The Morgan fingerprint density at radius 1 is 1.11 bits per heavy atom. The van der Waals surface area contributed by atoms with E-state index in [0.29, 0.717) is 12.2 Å². The van der Waals surface area contributed by atoms with Crippen LogP contribution in [0.2, 0.25) is 0 Å². The lowest BCUT2D eigenvalue weighted by molar-refractivity contribution is 0.0466. The molecule has 148 valence electrons. The Labute approximate surface area is 172 Å². The van der Waals surface area contributed by atoms with Gasteiger partial charge in [-0.05, 0) is 49.2 Å². The number of hydrogen-bond donors (Lipinski definition) is 1. The topological polar surface area (TPSA) is 45.3 Å². The van der Waals surface area contributed by atoms with Crippen LogP contribution in [0.1, 0.15) is 35.5 Å². The minimum atomic E-state index is -0.253. The number of aromatic amines is 1. The summed E-state index contributed by atoms with van der Waals surface area (Å²) in [6, 6.07) is 14.4. The number of esters is 1. The van der Waals surface area contributed by atoms with Crippen molar-refractivity contribution >= 4 is 29.3 Å². The van der Waals surface area contributed by atoms with Gasteiger partial charge >= 0.3 is 5.97 Å². The molecule has 0 bridgehead atoms. The van der Waals surface area contributed by atoms with E-state index in [9.17, 15) is 4.79 Å². The van der Waals surface area contributed by atoms with Crippen molar-refractivity contribution in [3.63, 3.8) is 0 Å². The molecule has 3 aromatic rings. The van der Waals surface area contributed by atoms with Crippen molar-refractivity contribution in [3.8, 4) is 11.1 Å². The van der Waals surface area contributed by atoms with Gasteiger partial charge in [0.05, 0.1) is 5.56 Å². The summed E-state index contributed by atoms with van der Waals surface area (Å²) in [6.45, 7) is 7.36. The molecule has 28 heavy (non-hydrogen) atoms. The molecule has 1 heterocycles. The van der Waals surface area contributed by atoms with Gasteiger partial charge in [-0.1, -0.05) is 44.2 Å². The van der Waals surface area contributed by atoms with Crippen LogP contribution in [-0.2, 0) is 17.6 Å². The zero-order chi connectivity index (χ0) is 18.8. The zero-order valence-corrected chi connectivity index (χ0v) is 17.3. The van der Waals surface area contributed by atoms with Crippen molar-refractivity contribution in [1.29, 1.82) is 0 Å². The monoisotopic (exact) mass is 398 g/mol. The summed E-state index contributed by atoms with van der Waals surface area (Å²) < 4.78 is 5.47. The van der Waals surface area contributed by atoms with E-state index in [2.05, 4.69) is 48.0 Å². The fourth-order valence-electron chi connectivity index (χ4n) is 4.01. The molecule has 0 radical (unpaired) electrons. The first kappa shape index (κ1) is 20.4. The fourth-order valence-corrected chi connectivity index (χ4v) is 4.01. The molecule has 1 aliphatic rings. The molecule has 2 aromatic carbocycles. The number of hydrogen-bond acceptors (Lipinski definition) is 3. The Morgan fingerprint density at radius 2 is 1.89 bits per heavy atom. The lowest BCUT2D eigenvalue weighted by Gasteiger charge is -2.17. The van der Waals surface area contributed by atoms with E-state index in [1.54, 1.807) is 0 Å². The molecule has 0 amide bonds. The normalized spacial score (nSPS) is 12.4. The number of aromatic nitrogens is 1. The summed E-state index contributed by atoms with van der Waals surface area (Å²) >= 11 is 0. The van der Waals surface area contributed by atoms with Crippen LogP contribution in [0.25, 0.3) is 22.0 Å². The van der Waals surface area contributed by atoms with Crippen LogP contribution in [-0.4, -0.2) is 42.1 Å². The first-order valence-electron chi connectivity index (χ1n) is 9.83. The molecule has 5 heteroatoms. The molecular weight excluding hydrogens is 372 g/mol. The van der Waals surface area contributed by atoms with E-state index < -0.39 is 0 Å². The van der Waals surface area contributed by atoms with Gasteiger partial charge in [-0.3, -0.25) is 0 Å². The van der Waals surface area contributed by atoms with Gasteiger partial charge in [0.25, 0.3) is 0 Å². The highest BCUT2D eigenvalue weighted by atomic mass is 35.5. The van der Waals surface area contributed by atoms with Gasteiger partial charge in [-0.15, -0.1) is 12.4 Å². The summed E-state index contributed by atoms with van der Waals surface area (Å²) in [4.78, 5) is 18.2. The third-order valence-corrected chi connectivity index (χ3v) is 5.58. The Morgan fingerprint density at radius 3 is 2.68 bits per heavy atom. The van der Waals surface area contributed by atoms with E-state index in [1.165, 1.54) is 27.8 Å². The number of rotatable bonds is 6. The minimum absolute atomic E-state index is 0. The van der Waals surface area contributed by atoms with Crippen LogP contribution >= 0.6 is 12.4 Å². The molecule has 1 aromatic heterocycles. The third-order valence-electron chi connectivity index (χ3n) is 5.58. The number of fused-ring (bicyclic) bond motifs is 5. The maximum Gasteiger partial charge on any atom is 0.338 e. The first-order valence-corrected chi connectivity index (χ1v) is 9.83. The smallest absolute Gasteiger partial charge is 0.338 e. The standard InChI is InChI=1S/C23H26N2O2.ClH/c1-3-25(4-2)13-14-27-23(26)17-9-11-19-21(15-17)24-20-12-10-16-7-5-6-8-18(16)22(19)20;/h5-9,11,15,24H,3-4,10,12-14H2,1-2H3;1H. The Kier molecular flexibility index (Phi) is 6.42. The van der Waals surface area contributed by atoms with E-state index in [1.807, 2.05) is 18.2 Å². The van der Waals surface area contributed by atoms with Crippen molar-refractivity contribution in [2.24, 2.45) is 0 Å². The van der Waals surface area contributed by atoms with Gasteiger partial charge in [0.2, 0.25) is 0 Å². The highest BCUT2D eigenvalue weighted by molar-refractivity contribution is 6.02. The summed E-state index contributed by atoms with van der Waals surface area (Å²) in [5.74, 6) is -0.253. The fraction of sp³-hybridized carbons (Fsp3) is 0.348. The molecule has 0 fully saturated rings. The van der Waals surface area contributed by atoms with Gasteiger partial charge in [0.1, 0.15) is 6.61 Å².